The van der Waals surface area contributed by atoms with E-state index in [1.54, 1.807) is 36.4 Å². The van der Waals surface area contributed by atoms with Gasteiger partial charge in [0.2, 0.25) is 5.91 Å². The predicted octanol–water partition coefficient (Wildman–Crippen LogP) is 3.43. The van der Waals surface area contributed by atoms with E-state index < -0.39 is 0 Å². The molecule has 6 nitrogen and oxygen atoms in total. The molecule has 0 saturated carbocycles. The maximum atomic E-state index is 13.0. The molecular formula is C19H15FN2O4. The van der Waals surface area contributed by atoms with Gasteiger partial charge in [0.15, 0.2) is 17.3 Å². The number of ether oxygens (including phenoxy) is 2. The second-order valence-corrected chi connectivity index (χ2v) is 5.77. The third-order valence-corrected chi connectivity index (χ3v) is 3.86. The average Bonchev–Trinajstić information content (AvgIpc) is 3.10. The van der Waals surface area contributed by atoms with Gasteiger partial charge in [-0.25, -0.2) is 4.39 Å². The number of anilines is 1. The van der Waals surface area contributed by atoms with Crippen molar-refractivity contribution in [2.75, 3.05) is 18.5 Å². The zero-order valence-electron chi connectivity index (χ0n) is 13.7. The van der Waals surface area contributed by atoms with Crippen LogP contribution < -0.4 is 14.8 Å². The molecular weight excluding hydrogens is 339 g/mol. The number of hydrogen-bond acceptors (Lipinski definition) is 5. The van der Waals surface area contributed by atoms with E-state index in [0.29, 0.717) is 47.4 Å². The van der Waals surface area contributed by atoms with Gasteiger partial charge in [0.05, 0.1) is 12.1 Å². The minimum atomic E-state index is -0.327. The van der Waals surface area contributed by atoms with Gasteiger partial charge in [-0.1, -0.05) is 5.16 Å². The van der Waals surface area contributed by atoms with Crippen molar-refractivity contribution in [2.45, 2.75) is 6.42 Å². The topological polar surface area (TPSA) is 73.6 Å². The number of hydrogen-bond donors (Lipinski definition) is 1. The lowest BCUT2D eigenvalue weighted by Gasteiger charge is -2.18. The fourth-order valence-electron chi connectivity index (χ4n) is 2.64. The SMILES string of the molecule is O=C(Cc1cc(-c2ccc(F)cc2)on1)Nc1ccc2c(c1)OCCO2. The number of rotatable bonds is 4. The first-order chi connectivity index (χ1) is 12.7. The number of halogens is 1. The van der Waals surface area contributed by atoms with Crippen LogP contribution >= 0.6 is 0 Å². The summed E-state index contributed by atoms with van der Waals surface area (Å²) < 4.78 is 29.1. The molecule has 0 saturated heterocycles. The van der Waals surface area contributed by atoms with E-state index in [1.165, 1.54) is 12.1 Å². The van der Waals surface area contributed by atoms with Crippen molar-refractivity contribution in [1.29, 1.82) is 0 Å². The van der Waals surface area contributed by atoms with Crippen LogP contribution in [0.15, 0.2) is 53.1 Å². The Labute approximate surface area is 148 Å². The van der Waals surface area contributed by atoms with Gasteiger partial charge < -0.3 is 19.3 Å². The van der Waals surface area contributed by atoms with E-state index in [9.17, 15) is 9.18 Å². The minimum Gasteiger partial charge on any atom is -0.486 e. The molecule has 26 heavy (non-hydrogen) atoms. The molecule has 0 spiro atoms. The van der Waals surface area contributed by atoms with Crippen molar-refractivity contribution in [3.05, 3.63) is 60.0 Å². The summed E-state index contributed by atoms with van der Waals surface area (Å²) >= 11 is 0. The number of nitrogens with zero attached hydrogens (tertiary/aromatic N) is 1. The fourth-order valence-corrected chi connectivity index (χ4v) is 2.64. The van der Waals surface area contributed by atoms with E-state index in [1.807, 2.05) is 0 Å². The van der Waals surface area contributed by atoms with Gasteiger partial charge in [-0.3, -0.25) is 4.79 Å². The van der Waals surface area contributed by atoms with Crippen LogP contribution in [0.3, 0.4) is 0 Å². The molecule has 0 fully saturated rings. The Kier molecular flexibility index (Phi) is 4.27. The average molecular weight is 354 g/mol. The molecule has 1 aromatic heterocycles. The first kappa shape index (κ1) is 16.1. The number of carbonyl (C=O) groups excluding carboxylic acids is 1. The number of nitrogens with one attached hydrogen (secondary N) is 1. The first-order valence-electron chi connectivity index (χ1n) is 8.08. The Morgan fingerprint density at radius 3 is 2.62 bits per heavy atom. The molecule has 7 heteroatoms. The number of carbonyl (C=O) groups is 1. The summed E-state index contributed by atoms with van der Waals surface area (Å²) in [5.41, 5.74) is 1.79. The van der Waals surface area contributed by atoms with Crippen molar-refractivity contribution in [3.63, 3.8) is 0 Å². The number of fused-ring (bicyclic) bond motifs is 1. The quantitative estimate of drug-likeness (QED) is 0.777. The molecule has 2 heterocycles. The summed E-state index contributed by atoms with van der Waals surface area (Å²) in [6.45, 7) is 0.997. The Morgan fingerprint density at radius 1 is 1.04 bits per heavy atom. The first-order valence-corrected chi connectivity index (χ1v) is 8.08. The monoisotopic (exact) mass is 354 g/mol. The van der Waals surface area contributed by atoms with Crippen LogP contribution in [0.1, 0.15) is 5.69 Å². The molecule has 0 atom stereocenters. The lowest BCUT2D eigenvalue weighted by atomic mass is 10.1. The molecule has 0 aliphatic carbocycles. The molecule has 1 aliphatic rings. The summed E-state index contributed by atoms with van der Waals surface area (Å²) in [5, 5.41) is 6.68. The van der Waals surface area contributed by atoms with E-state index in [-0.39, 0.29) is 18.1 Å². The van der Waals surface area contributed by atoms with Crippen LogP contribution in [0, 0.1) is 5.82 Å². The predicted molar refractivity (Wildman–Crippen MR) is 91.7 cm³/mol. The Morgan fingerprint density at radius 2 is 1.81 bits per heavy atom. The van der Waals surface area contributed by atoms with Crippen LogP contribution in [0.2, 0.25) is 0 Å². The van der Waals surface area contributed by atoms with Crippen LogP contribution in [-0.2, 0) is 11.2 Å². The Hall–Kier alpha value is -3.35. The summed E-state index contributed by atoms with van der Waals surface area (Å²) in [6.07, 6.45) is 0.0547. The summed E-state index contributed by atoms with van der Waals surface area (Å²) in [5.74, 6) is 1.18. The van der Waals surface area contributed by atoms with Gasteiger partial charge in [-0.2, -0.15) is 0 Å². The van der Waals surface area contributed by atoms with Gasteiger partial charge in [0.1, 0.15) is 19.0 Å². The van der Waals surface area contributed by atoms with Crippen LogP contribution in [0.25, 0.3) is 11.3 Å². The zero-order valence-corrected chi connectivity index (χ0v) is 13.7. The molecule has 4 rings (SSSR count). The lowest BCUT2D eigenvalue weighted by Crippen LogP contribution is -2.17. The largest absolute Gasteiger partial charge is 0.486 e. The molecule has 132 valence electrons. The zero-order chi connectivity index (χ0) is 17.9. The highest BCUT2D eigenvalue weighted by Gasteiger charge is 2.14. The summed E-state index contributed by atoms with van der Waals surface area (Å²) in [7, 11) is 0. The van der Waals surface area contributed by atoms with Gasteiger partial charge in [-0.15, -0.1) is 0 Å². The molecule has 1 N–H and O–H groups in total. The molecule has 0 unspecified atom stereocenters. The van der Waals surface area contributed by atoms with Gasteiger partial charge >= 0.3 is 0 Å². The fraction of sp³-hybridized carbons (Fsp3) is 0.158. The highest BCUT2D eigenvalue weighted by Crippen LogP contribution is 2.32. The van der Waals surface area contributed by atoms with E-state index in [0.717, 1.165) is 0 Å². The van der Waals surface area contributed by atoms with Crippen LogP contribution in [0.5, 0.6) is 11.5 Å². The third kappa shape index (κ3) is 3.51. The van der Waals surface area contributed by atoms with Gasteiger partial charge in [0, 0.05) is 23.4 Å². The van der Waals surface area contributed by atoms with E-state index in [2.05, 4.69) is 10.5 Å². The van der Waals surface area contributed by atoms with Crippen molar-refractivity contribution >= 4 is 11.6 Å². The van der Waals surface area contributed by atoms with E-state index in [4.69, 9.17) is 14.0 Å². The molecule has 3 aromatic rings. The highest BCUT2D eigenvalue weighted by molar-refractivity contribution is 5.92. The second kappa shape index (κ2) is 6.87. The number of aromatic nitrogens is 1. The van der Waals surface area contributed by atoms with Crippen molar-refractivity contribution in [3.8, 4) is 22.8 Å². The third-order valence-electron chi connectivity index (χ3n) is 3.86. The normalized spacial score (nSPS) is 12.7. The van der Waals surface area contributed by atoms with Crippen molar-refractivity contribution in [2.24, 2.45) is 0 Å². The molecule has 2 aromatic carbocycles. The molecule has 1 amide bonds. The van der Waals surface area contributed by atoms with Gasteiger partial charge in [0.25, 0.3) is 0 Å². The highest BCUT2D eigenvalue weighted by atomic mass is 19.1. The van der Waals surface area contributed by atoms with Gasteiger partial charge in [-0.05, 0) is 36.4 Å². The second-order valence-electron chi connectivity index (χ2n) is 5.77. The van der Waals surface area contributed by atoms with Crippen LogP contribution in [0.4, 0.5) is 10.1 Å². The number of benzene rings is 2. The minimum absolute atomic E-state index is 0.0547. The molecule has 1 aliphatic heterocycles. The van der Waals surface area contributed by atoms with Crippen LogP contribution in [-0.4, -0.2) is 24.3 Å². The standard InChI is InChI=1S/C19H15FN2O4/c20-13-3-1-12(2-4-13)17-10-15(22-26-17)11-19(23)21-14-5-6-16-18(9-14)25-8-7-24-16/h1-6,9-10H,7-8,11H2,(H,21,23). The van der Waals surface area contributed by atoms with Crippen molar-refractivity contribution < 1.29 is 23.2 Å². The maximum absolute atomic E-state index is 13.0. The molecule has 0 radical (unpaired) electrons. The molecule has 0 bridgehead atoms. The lowest BCUT2D eigenvalue weighted by molar-refractivity contribution is -0.115. The van der Waals surface area contributed by atoms with Crippen molar-refractivity contribution in [1.82, 2.24) is 5.16 Å². The smallest absolute Gasteiger partial charge is 0.230 e. The Balaban J connectivity index is 1.41. The van der Waals surface area contributed by atoms with E-state index >= 15 is 0 Å². The summed E-state index contributed by atoms with van der Waals surface area (Å²) in [4.78, 5) is 12.2. The Bertz CT molecular complexity index is 937. The number of amides is 1. The maximum Gasteiger partial charge on any atom is 0.230 e. The summed E-state index contributed by atoms with van der Waals surface area (Å²) in [6, 6.07) is 12.8.